The summed E-state index contributed by atoms with van der Waals surface area (Å²) < 4.78 is 10.7. The summed E-state index contributed by atoms with van der Waals surface area (Å²) in [5.41, 5.74) is 0. The van der Waals surface area contributed by atoms with E-state index in [4.69, 9.17) is 9.47 Å². The Morgan fingerprint density at radius 2 is 1.84 bits per heavy atom. The molecule has 2 saturated heterocycles. The summed E-state index contributed by atoms with van der Waals surface area (Å²) in [5, 5.41) is 20.7. The molecular formula is C13H24O4S2. The van der Waals surface area contributed by atoms with Crippen molar-refractivity contribution >= 4 is 23.5 Å². The SMILES string of the molecule is COCO[C@@H]1CCSC[C@@H]1[C@H](O)[C@@H]1CSCC[C@H]1O. The van der Waals surface area contributed by atoms with Gasteiger partial charge in [0, 0.05) is 30.5 Å². The smallest absolute Gasteiger partial charge is 0.146 e. The maximum absolute atomic E-state index is 10.6. The average molecular weight is 308 g/mol. The highest BCUT2D eigenvalue weighted by Crippen LogP contribution is 2.35. The molecule has 4 nitrogen and oxygen atoms in total. The van der Waals surface area contributed by atoms with E-state index < -0.39 is 6.10 Å². The lowest BCUT2D eigenvalue weighted by Gasteiger charge is -2.40. The molecule has 2 aliphatic rings. The highest BCUT2D eigenvalue weighted by molar-refractivity contribution is 7.99. The molecule has 6 heteroatoms. The molecule has 0 aromatic rings. The highest BCUT2D eigenvalue weighted by Gasteiger charge is 2.39. The molecule has 0 aliphatic carbocycles. The number of aliphatic hydroxyl groups is 2. The summed E-state index contributed by atoms with van der Waals surface area (Å²) in [6.45, 7) is 0.278. The topological polar surface area (TPSA) is 58.9 Å². The quantitative estimate of drug-likeness (QED) is 0.745. The van der Waals surface area contributed by atoms with Gasteiger partial charge in [-0.25, -0.2) is 0 Å². The van der Waals surface area contributed by atoms with E-state index in [1.807, 2.05) is 23.5 Å². The van der Waals surface area contributed by atoms with E-state index in [-0.39, 0.29) is 30.8 Å². The molecule has 2 N–H and O–H groups in total. The third-order valence-corrected chi connectivity index (χ3v) is 6.26. The minimum absolute atomic E-state index is 0.0175. The van der Waals surface area contributed by atoms with Gasteiger partial charge in [-0.3, -0.25) is 0 Å². The van der Waals surface area contributed by atoms with Gasteiger partial charge >= 0.3 is 0 Å². The molecule has 112 valence electrons. The van der Waals surface area contributed by atoms with Crippen molar-refractivity contribution in [1.29, 1.82) is 0 Å². The molecule has 5 atom stereocenters. The van der Waals surface area contributed by atoms with Crippen LogP contribution in [0.3, 0.4) is 0 Å². The van der Waals surface area contributed by atoms with Crippen molar-refractivity contribution in [3.05, 3.63) is 0 Å². The molecule has 0 aromatic carbocycles. The average Bonchev–Trinajstić information content (AvgIpc) is 2.45. The van der Waals surface area contributed by atoms with Gasteiger partial charge in [0.05, 0.1) is 18.3 Å². The molecule has 0 spiro atoms. The van der Waals surface area contributed by atoms with E-state index in [0.717, 1.165) is 35.9 Å². The molecule has 0 radical (unpaired) electrons. The predicted molar refractivity (Wildman–Crippen MR) is 79.6 cm³/mol. The Bertz CT molecular complexity index is 267. The van der Waals surface area contributed by atoms with Crippen molar-refractivity contribution in [3.63, 3.8) is 0 Å². The first-order valence-electron chi connectivity index (χ1n) is 6.86. The van der Waals surface area contributed by atoms with Gasteiger partial charge in [0.25, 0.3) is 0 Å². The largest absolute Gasteiger partial charge is 0.393 e. The van der Waals surface area contributed by atoms with Crippen molar-refractivity contribution in [2.24, 2.45) is 11.8 Å². The summed E-state index contributed by atoms with van der Waals surface area (Å²) in [7, 11) is 1.62. The highest BCUT2D eigenvalue weighted by atomic mass is 32.2. The normalized spacial score (nSPS) is 38.1. The lowest BCUT2D eigenvalue weighted by atomic mass is 9.84. The first-order valence-corrected chi connectivity index (χ1v) is 9.17. The van der Waals surface area contributed by atoms with Crippen LogP contribution in [0.5, 0.6) is 0 Å². The van der Waals surface area contributed by atoms with Crippen molar-refractivity contribution in [2.45, 2.75) is 31.2 Å². The monoisotopic (exact) mass is 308 g/mol. The van der Waals surface area contributed by atoms with Gasteiger partial charge in [-0.05, 0) is 24.3 Å². The molecule has 2 aliphatic heterocycles. The van der Waals surface area contributed by atoms with E-state index in [2.05, 4.69) is 0 Å². The predicted octanol–water partition coefficient (Wildman–Crippen LogP) is 1.20. The van der Waals surface area contributed by atoms with Crippen molar-refractivity contribution in [2.75, 3.05) is 36.9 Å². The lowest BCUT2D eigenvalue weighted by Crippen LogP contribution is -2.47. The van der Waals surface area contributed by atoms with Crippen LogP contribution in [0.1, 0.15) is 12.8 Å². The molecule has 0 bridgehead atoms. The Hall–Kier alpha value is 0.540. The van der Waals surface area contributed by atoms with Crippen LogP contribution in [0, 0.1) is 11.8 Å². The van der Waals surface area contributed by atoms with Gasteiger partial charge in [0.15, 0.2) is 0 Å². The Kier molecular flexibility index (Phi) is 6.79. The fourth-order valence-corrected chi connectivity index (χ4v) is 5.33. The molecule has 0 saturated carbocycles. The summed E-state index contributed by atoms with van der Waals surface area (Å²) in [5.74, 6) is 3.90. The zero-order valence-electron chi connectivity index (χ0n) is 11.4. The lowest BCUT2D eigenvalue weighted by molar-refractivity contribution is -0.119. The van der Waals surface area contributed by atoms with Gasteiger partial charge < -0.3 is 19.7 Å². The van der Waals surface area contributed by atoms with Gasteiger partial charge in [0.2, 0.25) is 0 Å². The Morgan fingerprint density at radius 1 is 1.16 bits per heavy atom. The van der Waals surface area contributed by atoms with E-state index in [0.29, 0.717) is 0 Å². The Balaban J connectivity index is 1.95. The second kappa shape index (κ2) is 8.10. The molecule has 2 rings (SSSR count). The first-order chi connectivity index (χ1) is 9.24. The minimum Gasteiger partial charge on any atom is -0.393 e. The molecule has 0 aromatic heterocycles. The van der Waals surface area contributed by atoms with E-state index in [9.17, 15) is 10.2 Å². The number of hydrogen-bond acceptors (Lipinski definition) is 6. The summed E-state index contributed by atoms with van der Waals surface area (Å²) in [6.07, 6.45) is 0.945. The van der Waals surface area contributed by atoms with Crippen LogP contribution in [0.25, 0.3) is 0 Å². The number of aliphatic hydroxyl groups excluding tert-OH is 2. The fraction of sp³-hybridized carbons (Fsp3) is 1.00. The maximum atomic E-state index is 10.6. The maximum Gasteiger partial charge on any atom is 0.146 e. The van der Waals surface area contributed by atoms with Crippen LogP contribution in [-0.4, -0.2) is 65.4 Å². The number of rotatable bonds is 5. The Labute approximate surface area is 123 Å². The van der Waals surface area contributed by atoms with E-state index in [1.165, 1.54) is 0 Å². The van der Waals surface area contributed by atoms with Gasteiger partial charge in [0.1, 0.15) is 6.79 Å². The number of ether oxygens (including phenoxy) is 2. The number of methoxy groups -OCH3 is 1. The molecule has 0 amide bonds. The number of hydrogen-bond donors (Lipinski definition) is 2. The van der Waals surface area contributed by atoms with Crippen LogP contribution in [0.15, 0.2) is 0 Å². The van der Waals surface area contributed by atoms with Crippen molar-refractivity contribution in [3.8, 4) is 0 Å². The summed E-state index contributed by atoms with van der Waals surface area (Å²) in [4.78, 5) is 0. The van der Waals surface area contributed by atoms with Crippen molar-refractivity contribution < 1.29 is 19.7 Å². The van der Waals surface area contributed by atoms with Crippen LogP contribution in [0.2, 0.25) is 0 Å². The first kappa shape index (κ1) is 15.9. The van der Waals surface area contributed by atoms with E-state index in [1.54, 1.807) is 7.11 Å². The zero-order chi connectivity index (χ0) is 13.7. The molecule has 2 heterocycles. The third kappa shape index (κ3) is 4.25. The summed E-state index contributed by atoms with van der Waals surface area (Å²) >= 11 is 3.69. The Morgan fingerprint density at radius 3 is 2.53 bits per heavy atom. The zero-order valence-corrected chi connectivity index (χ0v) is 13.0. The fourth-order valence-electron chi connectivity index (χ4n) is 2.81. The second-order valence-corrected chi connectivity index (χ2v) is 7.52. The van der Waals surface area contributed by atoms with Crippen LogP contribution < -0.4 is 0 Å². The third-order valence-electron chi connectivity index (χ3n) is 3.97. The van der Waals surface area contributed by atoms with Gasteiger partial charge in [-0.1, -0.05) is 0 Å². The second-order valence-electron chi connectivity index (χ2n) is 5.22. The molecule has 0 unspecified atom stereocenters. The molecule has 19 heavy (non-hydrogen) atoms. The number of thioether (sulfide) groups is 2. The van der Waals surface area contributed by atoms with E-state index >= 15 is 0 Å². The standard InChI is InChI=1S/C13H24O4S2/c1-16-8-17-12-3-5-19-7-10(12)13(15)9-6-18-4-2-11(9)14/h9-15H,2-8H2,1H3/t9-,10+,11-,12-,13-/m1/s1. The van der Waals surface area contributed by atoms with Crippen LogP contribution in [-0.2, 0) is 9.47 Å². The van der Waals surface area contributed by atoms with Gasteiger partial charge in [-0.2, -0.15) is 23.5 Å². The van der Waals surface area contributed by atoms with Gasteiger partial charge in [-0.15, -0.1) is 0 Å². The minimum atomic E-state index is -0.475. The summed E-state index contributed by atoms with van der Waals surface area (Å²) in [6, 6.07) is 0. The van der Waals surface area contributed by atoms with Crippen molar-refractivity contribution in [1.82, 2.24) is 0 Å². The van der Waals surface area contributed by atoms with Crippen LogP contribution in [0.4, 0.5) is 0 Å². The van der Waals surface area contributed by atoms with Crippen LogP contribution >= 0.6 is 23.5 Å². The molecular weight excluding hydrogens is 284 g/mol. The molecule has 2 fully saturated rings.